The Morgan fingerprint density at radius 1 is 1.41 bits per heavy atom. The predicted molar refractivity (Wildman–Crippen MR) is 66.5 cm³/mol. The van der Waals surface area contributed by atoms with E-state index in [4.69, 9.17) is 4.74 Å². The van der Waals surface area contributed by atoms with Crippen LogP contribution in [0.15, 0.2) is 0 Å². The maximum absolute atomic E-state index is 11.9. The summed E-state index contributed by atoms with van der Waals surface area (Å²) in [6.07, 6.45) is 1.90. The van der Waals surface area contributed by atoms with Gasteiger partial charge in [0.2, 0.25) is 5.91 Å². The van der Waals surface area contributed by atoms with Crippen LogP contribution < -0.4 is 10.7 Å². The fourth-order valence-corrected chi connectivity index (χ4v) is 2.07. The third kappa shape index (κ3) is 5.38. The van der Waals surface area contributed by atoms with Crippen molar-refractivity contribution in [2.45, 2.75) is 13.0 Å². The molecule has 2 N–H and O–H groups in total. The van der Waals surface area contributed by atoms with Crippen molar-refractivity contribution in [1.82, 2.24) is 15.8 Å². The van der Waals surface area contributed by atoms with Gasteiger partial charge in [0.1, 0.15) is 6.04 Å². The minimum Gasteiger partial charge on any atom is -0.379 e. The summed E-state index contributed by atoms with van der Waals surface area (Å²) in [6.45, 7) is 4.01. The van der Waals surface area contributed by atoms with Crippen LogP contribution in [0.2, 0.25) is 0 Å². The SMILES string of the molecule is CSC[C@H](NC(C)=O)C(=O)NN1CCOCC1. The van der Waals surface area contributed by atoms with Crippen LogP contribution >= 0.6 is 11.8 Å². The zero-order valence-corrected chi connectivity index (χ0v) is 11.0. The number of hydrogen-bond donors (Lipinski definition) is 2. The van der Waals surface area contributed by atoms with E-state index in [0.717, 1.165) is 0 Å². The molecule has 0 bridgehead atoms. The van der Waals surface area contributed by atoms with Crippen LogP contribution in [0.4, 0.5) is 0 Å². The molecule has 1 saturated heterocycles. The second-order valence-electron chi connectivity index (χ2n) is 3.78. The highest BCUT2D eigenvalue weighted by atomic mass is 32.2. The van der Waals surface area contributed by atoms with Gasteiger partial charge >= 0.3 is 0 Å². The fourth-order valence-electron chi connectivity index (χ4n) is 1.50. The van der Waals surface area contributed by atoms with Gasteiger partial charge in [0.05, 0.1) is 13.2 Å². The van der Waals surface area contributed by atoms with Crippen molar-refractivity contribution in [3.05, 3.63) is 0 Å². The largest absolute Gasteiger partial charge is 0.379 e. The molecule has 1 rings (SSSR count). The van der Waals surface area contributed by atoms with E-state index in [1.807, 2.05) is 11.3 Å². The molecule has 1 aliphatic rings. The van der Waals surface area contributed by atoms with Crippen molar-refractivity contribution in [3.63, 3.8) is 0 Å². The number of rotatable bonds is 5. The molecule has 1 heterocycles. The molecule has 2 amide bonds. The molecule has 7 heteroatoms. The summed E-state index contributed by atoms with van der Waals surface area (Å²) in [4.78, 5) is 22.9. The van der Waals surface area contributed by atoms with E-state index in [1.165, 1.54) is 18.7 Å². The van der Waals surface area contributed by atoms with Gasteiger partial charge in [0, 0.05) is 25.8 Å². The second kappa shape index (κ2) is 7.52. The number of nitrogens with zero attached hydrogens (tertiary/aromatic N) is 1. The van der Waals surface area contributed by atoms with Crippen LogP contribution in [0, 0.1) is 0 Å². The average molecular weight is 261 g/mol. The first-order valence-corrected chi connectivity index (χ1v) is 6.92. The van der Waals surface area contributed by atoms with Crippen molar-refractivity contribution < 1.29 is 14.3 Å². The van der Waals surface area contributed by atoms with E-state index < -0.39 is 6.04 Å². The quantitative estimate of drug-likeness (QED) is 0.679. The summed E-state index contributed by atoms with van der Waals surface area (Å²) in [5.41, 5.74) is 2.80. The smallest absolute Gasteiger partial charge is 0.257 e. The first-order chi connectivity index (χ1) is 8.13. The number of carbonyl (C=O) groups excluding carboxylic acids is 2. The summed E-state index contributed by atoms with van der Waals surface area (Å²) >= 11 is 1.52. The Hall–Kier alpha value is -0.790. The van der Waals surface area contributed by atoms with Gasteiger partial charge in [0.25, 0.3) is 5.91 Å². The van der Waals surface area contributed by atoms with Crippen LogP contribution in [0.3, 0.4) is 0 Å². The average Bonchev–Trinajstić information content (AvgIpc) is 2.29. The minimum atomic E-state index is -0.481. The van der Waals surface area contributed by atoms with Gasteiger partial charge in [-0.15, -0.1) is 0 Å². The molecule has 0 aromatic heterocycles. The Labute approximate surface area is 105 Å². The van der Waals surface area contributed by atoms with Crippen molar-refractivity contribution >= 4 is 23.6 Å². The van der Waals surface area contributed by atoms with E-state index >= 15 is 0 Å². The number of carbonyl (C=O) groups is 2. The topological polar surface area (TPSA) is 70.7 Å². The number of ether oxygens (including phenoxy) is 1. The number of hydrazine groups is 1. The lowest BCUT2D eigenvalue weighted by Gasteiger charge is -2.28. The zero-order valence-electron chi connectivity index (χ0n) is 10.2. The van der Waals surface area contributed by atoms with Crippen molar-refractivity contribution in [2.75, 3.05) is 38.3 Å². The molecule has 0 aromatic rings. The molecule has 1 aliphatic heterocycles. The number of amides is 2. The first kappa shape index (κ1) is 14.3. The van der Waals surface area contributed by atoms with Gasteiger partial charge in [-0.25, -0.2) is 5.01 Å². The number of thioether (sulfide) groups is 1. The Morgan fingerprint density at radius 2 is 2.06 bits per heavy atom. The highest BCUT2D eigenvalue weighted by molar-refractivity contribution is 7.98. The zero-order chi connectivity index (χ0) is 12.7. The minimum absolute atomic E-state index is 0.170. The van der Waals surface area contributed by atoms with Gasteiger partial charge < -0.3 is 10.1 Å². The lowest BCUT2D eigenvalue weighted by Crippen LogP contribution is -2.55. The molecular weight excluding hydrogens is 242 g/mol. The summed E-state index contributed by atoms with van der Waals surface area (Å²) < 4.78 is 5.19. The number of hydrogen-bond acceptors (Lipinski definition) is 5. The molecule has 0 unspecified atom stereocenters. The molecule has 6 nitrogen and oxygen atoms in total. The highest BCUT2D eigenvalue weighted by Gasteiger charge is 2.21. The van der Waals surface area contributed by atoms with E-state index in [2.05, 4.69) is 10.7 Å². The lowest BCUT2D eigenvalue weighted by molar-refractivity contribution is -0.132. The Morgan fingerprint density at radius 3 is 2.59 bits per heavy atom. The first-order valence-electron chi connectivity index (χ1n) is 5.52. The standard InChI is InChI=1S/C10H19N3O3S/c1-8(14)11-9(7-17-2)10(15)12-13-3-5-16-6-4-13/h9H,3-7H2,1-2H3,(H,11,14)(H,12,15)/t9-/m0/s1. The highest BCUT2D eigenvalue weighted by Crippen LogP contribution is 1.99. The monoisotopic (exact) mass is 261 g/mol. The maximum Gasteiger partial charge on any atom is 0.257 e. The number of nitrogens with one attached hydrogen (secondary N) is 2. The van der Waals surface area contributed by atoms with Crippen molar-refractivity contribution in [1.29, 1.82) is 0 Å². The molecule has 0 aliphatic carbocycles. The molecule has 0 radical (unpaired) electrons. The third-order valence-electron chi connectivity index (χ3n) is 2.31. The van der Waals surface area contributed by atoms with Crippen LogP contribution in [0.25, 0.3) is 0 Å². The Balaban J connectivity index is 2.42. The van der Waals surface area contributed by atoms with Gasteiger partial charge in [-0.2, -0.15) is 11.8 Å². The molecule has 0 aromatic carbocycles. The molecular formula is C10H19N3O3S. The van der Waals surface area contributed by atoms with Crippen LogP contribution in [-0.2, 0) is 14.3 Å². The van der Waals surface area contributed by atoms with E-state index in [-0.39, 0.29) is 11.8 Å². The Bertz CT molecular complexity index is 270. The van der Waals surface area contributed by atoms with E-state index in [1.54, 1.807) is 0 Å². The third-order valence-corrected chi connectivity index (χ3v) is 2.97. The van der Waals surface area contributed by atoms with Gasteiger partial charge in [-0.05, 0) is 6.26 Å². The second-order valence-corrected chi connectivity index (χ2v) is 4.69. The molecule has 0 spiro atoms. The number of morpholine rings is 1. The van der Waals surface area contributed by atoms with Gasteiger partial charge in [-0.1, -0.05) is 0 Å². The van der Waals surface area contributed by atoms with Crippen molar-refractivity contribution in [3.8, 4) is 0 Å². The molecule has 0 saturated carbocycles. The Kier molecular flexibility index (Phi) is 6.31. The molecule has 98 valence electrons. The predicted octanol–water partition coefficient (Wildman–Crippen LogP) is -0.782. The summed E-state index contributed by atoms with van der Waals surface area (Å²) in [7, 11) is 0. The molecule has 17 heavy (non-hydrogen) atoms. The van der Waals surface area contributed by atoms with Gasteiger partial charge in [-0.3, -0.25) is 15.0 Å². The normalized spacial score (nSPS) is 18.5. The van der Waals surface area contributed by atoms with Crippen LogP contribution in [0.5, 0.6) is 0 Å². The van der Waals surface area contributed by atoms with E-state index in [0.29, 0.717) is 32.1 Å². The summed E-state index contributed by atoms with van der Waals surface area (Å²) in [5, 5.41) is 4.46. The van der Waals surface area contributed by atoms with Crippen LogP contribution in [0.1, 0.15) is 6.92 Å². The van der Waals surface area contributed by atoms with Gasteiger partial charge in [0.15, 0.2) is 0 Å². The maximum atomic E-state index is 11.9. The summed E-state index contributed by atoms with van der Waals surface area (Å²) in [6, 6.07) is -0.481. The molecule has 1 fully saturated rings. The van der Waals surface area contributed by atoms with Crippen LogP contribution in [-0.4, -0.2) is 61.2 Å². The molecule has 1 atom stereocenters. The fraction of sp³-hybridized carbons (Fsp3) is 0.800. The van der Waals surface area contributed by atoms with E-state index in [9.17, 15) is 9.59 Å². The van der Waals surface area contributed by atoms with Crippen molar-refractivity contribution in [2.24, 2.45) is 0 Å². The lowest BCUT2D eigenvalue weighted by atomic mass is 10.3. The summed E-state index contributed by atoms with van der Waals surface area (Å²) in [5.74, 6) is 0.202.